The van der Waals surface area contributed by atoms with Crippen molar-refractivity contribution in [2.24, 2.45) is 5.92 Å². The molecule has 0 radical (unpaired) electrons. The standard InChI is InChI=1S/C19H31N3O3/c1-13(2)9-10-21(7)17(23)19(5,6)22(8)18(24)25-16-11-14(3)20-15(4)12-16/h11-13H,9-10H2,1-8H3. The molecule has 1 heterocycles. The van der Waals surface area contributed by atoms with Crippen LogP contribution in [-0.4, -0.2) is 53.0 Å². The topological polar surface area (TPSA) is 62.7 Å². The summed E-state index contributed by atoms with van der Waals surface area (Å²) in [4.78, 5) is 32.5. The number of nitrogens with zero attached hydrogens (tertiary/aromatic N) is 3. The second kappa shape index (κ2) is 8.32. The highest BCUT2D eigenvalue weighted by atomic mass is 16.6. The van der Waals surface area contributed by atoms with Gasteiger partial charge in [-0.1, -0.05) is 13.8 Å². The molecule has 6 heteroatoms. The first-order valence-corrected chi connectivity index (χ1v) is 8.61. The van der Waals surface area contributed by atoms with Crippen LogP contribution < -0.4 is 4.74 Å². The number of carbonyl (C=O) groups excluding carboxylic acids is 2. The SMILES string of the molecule is Cc1cc(OC(=O)N(C)C(C)(C)C(=O)N(C)CCC(C)C)cc(C)n1. The Balaban J connectivity index is 2.82. The Morgan fingerprint density at radius 3 is 2.16 bits per heavy atom. The third-order valence-corrected chi connectivity index (χ3v) is 4.28. The second-order valence-corrected chi connectivity index (χ2v) is 7.48. The van der Waals surface area contributed by atoms with Gasteiger partial charge in [0.2, 0.25) is 5.91 Å². The number of aromatic nitrogens is 1. The first kappa shape index (κ1) is 20.9. The maximum atomic E-state index is 12.8. The highest BCUT2D eigenvalue weighted by Crippen LogP contribution is 2.20. The molecule has 0 saturated heterocycles. The van der Waals surface area contributed by atoms with Crippen molar-refractivity contribution >= 4 is 12.0 Å². The molecule has 0 aliphatic heterocycles. The van der Waals surface area contributed by atoms with Crippen molar-refractivity contribution in [2.45, 2.75) is 53.5 Å². The Morgan fingerprint density at radius 1 is 1.16 bits per heavy atom. The molecule has 0 aliphatic rings. The fraction of sp³-hybridized carbons (Fsp3) is 0.632. The predicted molar refractivity (Wildman–Crippen MR) is 98.7 cm³/mol. The summed E-state index contributed by atoms with van der Waals surface area (Å²) in [7, 11) is 3.35. The minimum Gasteiger partial charge on any atom is -0.410 e. The molecule has 1 aromatic heterocycles. The Hall–Kier alpha value is -2.11. The highest BCUT2D eigenvalue weighted by molar-refractivity contribution is 5.89. The van der Waals surface area contributed by atoms with Crippen molar-refractivity contribution in [3.8, 4) is 5.75 Å². The van der Waals surface area contributed by atoms with Crippen LogP contribution in [0.2, 0.25) is 0 Å². The zero-order valence-corrected chi connectivity index (χ0v) is 16.7. The van der Waals surface area contributed by atoms with Gasteiger partial charge in [-0.2, -0.15) is 0 Å². The van der Waals surface area contributed by atoms with Crippen LogP contribution in [0.15, 0.2) is 12.1 Å². The van der Waals surface area contributed by atoms with Crippen LogP contribution in [0, 0.1) is 19.8 Å². The largest absolute Gasteiger partial charge is 0.415 e. The normalized spacial score (nSPS) is 11.4. The summed E-state index contributed by atoms with van der Waals surface area (Å²) in [6.45, 7) is 12.0. The summed E-state index contributed by atoms with van der Waals surface area (Å²) in [6, 6.07) is 3.39. The molecule has 0 unspecified atom stereocenters. The van der Waals surface area contributed by atoms with E-state index in [1.54, 1.807) is 45.0 Å². The molecule has 1 aromatic rings. The van der Waals surface area contributed by atoms with E-state index >= 15 is 0 Å². The summed E-state index contributed by atoms with van der Waals surface area (Å²) in [5.41, 5.74) is 0.545. The minimum atomic E-state index is -1.00. The van der Waals surface area contributed by atoms with E-state index in [0.717, 1.165) is 17.8 Å². The number of hydrogen-bond donors (Lipinski definition) is 0. The second-order valence-electron chi connectivity index (χ2n) is 7.48. The van der Waals surface area contributed by atoms with Gasteiger partial charge in [-0.05, 0) is 40.0 Å². The first-order valence-electron chi connectivity index (χ1n) is 8.61. The number of ether oxygens (including phenoxy) is 1. The van der Waals surface area contributed by atoms with Crippen molar-refractivity contribution in [3.63, 3.8) is 0 Å². The number of hydrogen-bond acceptors (Lipinski definition) is 4. The quantitative estimate of drug-likeness (QED) is 0.789. The highest BCUT2D eigenvalue weighted by Gasteiger charge is 2.38. The Bertz CT molecular complexity index is 606. The maximum Gasteiger partial charge on any atom is 0.415 e. The molecule has 0 fully saturated rings. The lowest BCUT2D eigenvalue weighted by Gasteiger charge is -2.36. The molecule has 0 bridgehead atoms. The molecular formula is C19H31N3O3. The van der Waals surface area contributed by atoms with Gasteiger partial charge in [0, 0.05) is 44.2 Å². The monoisotopic (exact) mass is 349 g/mol. The molecule has 1 rings (SSSR count). The van der Waals surface area contributed by atoms with Crippen LogP contribution in [-0.2, 0) is 4.79 Å². The van der Waals surface area contributed by atoms with Crippen molar-refractivity contribution in [3.05, 3.63) is 23.5 Å². The van der Waals surface area contributed by atoms with E-state index in [9.17, 15) is 9.59 Å². The van der Waals surface area contributed by atoms with E-state index in [0.29, 0.717) is 18.2 Å². The van der Waals surface area contributed by atoms with Gasteiger partial charge in [0.25, 0.3) is 0 Å². The maximum absolute atomic E-state index is 12.8. The van der Waals surface area contributed by atoms with Gasteiger partial charge < -0.3 is 9.64 Å². The fourth-order valence-electron chi connectivity index (χ4n) is 2.42. The lowest BCUT2D eigenvalue weighted by atomic mass is 10.0. The molecule has 6 nitrogen and oxygen atoms in total. The average Bonchev–Trinajstić information content (AvgIpc) is 2.49. The predicted octanol–water partition coefficient (Wildman–Crippen LogP) is 3.41. The molecule has 0 aromatic carbocycles. The van der Waals surface area contributed by atoms with Gasteiger partial charge in [-0.25, -0.2) is 4.79 Å². The fourth-order valence-corrected chi connectivity index (χ4v) is 2.42. The van der Waals surface area contributed by atoms with Crippen molar-refractivity contribution in [2.75, 3.05) is 20.6 Å². The molecule has 0 aliphatic carbocycles. The summed E-state index contributed by atoms with van der Waals surface area (Å²) in [5, 5.41) is 0. The van der Waals surface area contributed by atoms with Gasteiger partial charge in [0.05, 0.1) is 0 Å². The molecule has 25 heavy (non-hydrogen) atoms. The molecule has 0 N–H and O–H groups in total. The molecule has 0 spiro atoms. The lowest BCUT2D eigenvalue weighted by Crippen LogP contribution is -2.56. The van der Waals surface area contributed by atoms with Crippen LogP contribution in [0.4, 0.5) is 4.79 Å². The third-order valence-electron chi connectivity index (χ3n) is 4.28. The molecular weight excluding hydrogens is 318 g/mol. The van der Waals surface area contributed by atoms with E-state index < -0.39 is 11.6 Å². The first-order chi connectivity index (χ1) is 11.4. The van der Waals surface area contributed by atoms with Gasteiger partial charge in [-0.15, -0.1) is 0 Å². The number of rotatable bonds is 6. The molecule has 0 saturated carbocycles. The molecule has 140 valence electrons. The number of carbonyl (C=O) groups is 2. The lowest BCUT2D eigenvalue weighted by molar-refractivity contribution is -0.139. The average molecular weight is 349 g/mol. The Labute approximate surface area is 151 Å². The van der Waals surface area contributed by atoms with Gasteiger partial charge in [0.15, 0.2) is 0 Å². The minimum absolute atomic E-state index is 0.116. The number of likely N-dealkylation sites (N-methyl/N-ethyl adjacent to an activating group) is 2. The third kappa shape index (κ3) is 5.73. The van der Waals surface area contributed by atoms with Gasteiger partial charge in [0.1, 0.15) is 11.3 Å². The molecule has 2 amide bonds. The van der Waals surface area contributed by atoms with Crippen LogP contribution in [0.5, 0.6) is 5.75 Å². The summed E-state index contributed by atoms with van der Waals surface area (Å²) < 4.78 is 5.43. The zero-order valence-electron chi connectivity index (χ0n) is 16.7. The smallest absolute Gasteiger partial charge is 0.410 e. The van der Waals surface area contributed by atoms with E-state index in [-0.39, 0.29) is 5.91 Å². The number of pyridine rings is 1. The van der Waals surface area contributed by atoms with Gasteiger partial charge >= 0.3 is 6.09 Å². The van der Waals surface area contributed by atoms with E-state index in [1.165, 1.54) is 4.90 Å². The number of aryl methyl sites for hydroxylation is 2. The summed E-state index contributed by atoms with van der Waals surface area (Å²) >= 11 is 0. The van der Waals surface area contributed by atoms with E-state index in [1.807, 2.05) is 13.8 Å². The zero-order chi connectivity index (χ0) is 19.4. The van der Waals surface area contributed by atoms with Crippen molar-refractivity contribution in [1.29, 1.82) is 0 Å². The van der Waals surface area contributed by atoms with E-state index in [4.69, 9.17) is 4.74 Å². The Morgan fingerprint density at radius 2 is 1.68 bits per heavy atom. The van der Waals surface area contributed by atoms with Gasteiger partial charge in [-0.3, -0.25) is 14.7 Å². The van der Waals surface area contributed by atoms with Crippen LogP contribution in [0.3, 0.4) is 0 Å². The van der Waals surface area contributed by atoms with Crippen molar-refractivity contribution in [1.82, 2.24) is 14.8 Å². The van der Waals surface area contributed by atoms with E-state index in [2.05, 4.69) is 18.8 Å². The van der Waals surface area contributed by atoms with Crippen LogP contribution in [0.1, 0.15) is 45.5 Å². The number of amides is 2. The van der Waals surface area contributed by atoms with Crippen LogP contribution in [0.25, 0.3) is 0 Å². The summed E-state index contributed by atoms with van der Waals surface area (Å²) in [6.07, 6.45) is 0.350. The Kier molecular flexibility index (Phi) is 6.96. The molecule has 0 atom stereocenters. The van der Waals surface area contributed by atoms with Crippen LogP contribution >= 0.6 is 0 Å². The summed E-state index contributed by atoms with van der Waals surface area (Å²) in [5.74, 6) is 0.826. The van der Waals surface area contributed by atoms with Crippen molar-refractivity contribution < 1.29 is 14.3 Å².